The minimum absolute atomic E-state index is 0.0116. The van der Waals surface area contributed by atoms with Gasteiger partial charge in [0.15, 0.2) is 0 Å². The van der Waals surface area contributed by atoms with Crippen molar-refractivity contribution in [3.05, 3.63) is 89.5 Å². The fraction of sp³-hybridized carbons (Fsp3) is 0.259. The molecule has 0 saturated carbocycles. The molecule has 5 nitrogen and oxygen atoms in total. The van der Waals surface area contributed by atoms with Gasteiger partial charge in [0.25, 0.3) is 0 Å². The molecule has 0 radical (unpaired) electrons. The maximum atomic E-state index is 14.1. The van der Waals surface area contributed by atoms with Gasteiger partial charge in [-0.05, 0) is 53.8 Å². The molecule has 2 aliphatic heterocycles. The van der Waals surface area contributed by atoms with E-state index in [2.05, 4.69) is 10.3 Å². The molecule has 1 fully saturated rings. The second-order valence-electron chi connectivity index (χ2n) is 8.46. The maximum absolute atomic E-state index is 14.1. The smallest absolute Gasteiger partial charge is 0.321 e. The zero-order valence-corrected chi connectivity index (χ0v) is 18.6. The molecular formula is C27H25F2N3O2. The number of anilines is 1. The number of hydrogen-bond donors (Lipinski definition) is 1. The van der Waals surface area contributed by atoms with Crippen LogP contribution in [0.3, 0.4) is 0 Å². The molecule has 1 N–H and O–H groups in total. The predicted molar refractivity (Wildman–Crippen MR) is 128 cm³/mol. The normalized spacial score (nSPS) is 18.0. The van der Waals surface area contributed by atoms with Crippen LogP contribution in [0, 0.1) is 11.6 Å². The Balaban J connectivity index is 1.25. The van der Waals surface area contributed by atoms with Crippen molar-refractivity contribution in [3.8, 4) is 11.1 Å². The molecule has 7 heteroatoms. The van der Waals surface area contributed by atoms with E-state index in [1.54, 1.807) is 4.90 Å². The minimum atomic E-state index is -0.570. The van der Waals surface area contributed by atoms with Crippen molar-refractivity contribution >= 4 is 17.4 Å². The molecule has 2 heterocycles. The Morgan fingerprint density at radius 1 is 0.912 bits per heavy atom. The summed E-state index contributed by atoms with van der Waals surface area (Å²) in [6.45, 7) is 2.32. The lowest BCUT2D eigenvalue weighted by Gasteiger charge is -2.26. The van der Waals surface area contributed by atoms with Gasteiger partial charge in [0, 0.05) is 24.5 Å². The molecule has 1 unspecified atom stereocenters. The van der Waals surface area contributed by atoms with Gasteiger partial charge in [-0.3, -0.25) is 4.99 Å². The Morgan fingerprint density at radius 3 is 2.18 bits per heavy atom. The zero-order chi connectivity index (χ0) is 23.5. The molecule has 5 rings (SSSR count). The number of nitrogens with zero attached hydrogens (tertiary/aromatic N) is 2. The molecule has 1 saturated heterocycles. The van der Waals surface area contributed by atoms with Crippen LogP contribution in [0.1, 0.15) is 30.0 Å². The molecule has 2 amide bonds. The van der Waals surface area contributed by atoms with E-state index in [1.165, 1.54) is 18.2 Å². The Morgan fingerprint density at radius 2 is 1.53 bits per heavy atom. The van der Waals surface area contributed by atoms with E-state index in [0.717, 1.165) is 28.8 Å². The van der Waals surface area contributed by atoms with Crippen molar-refractivity contribution in [3.63, 3.8) is 0 Å². The highest BCUT2D eigenvalue weighted by Gasteiger charge is 2.24. The summed E-state index contributed by atoms with van der Waals surface area (Å²) in [7, 11) is 0. The van der Waals surface area contributed by atoms with Gasteiger partial charge in [0.1, 0.15) is 11.6 Å². The van der Waals surface area contributed by atoms with Crippen molar-refractivity contribution in [2.45, 2.75) is 18.9 Å². The summed E-state index contributed by atoms with van der Waals surface area (Å²) >= 11 is 0. The van der Waals surface area contributed by atoms with E-state index >= 15 is 0 Å². The molecule has 34 heavy (non-hydrogen) atoms. The SMILES string of the molecule is O=C(Nc1ccc(-c2ccc(C3CCC(c4c(F)cccc4F)=N3)cc2)cc1)N1CCOCC1. The quantitative estimate of drug-likeness (QED) is 0.532. The molecule has 3 aromatic rings. The summed E-state index contributed by atoms with van der Waals surface area (Å²) < 4.78 is 33.5. The first-order valence-corrected chi connectivity index (χ1v) is 11.4. The van der Waals surface area contributed by atoms with E-state index in [9.17, 15) is 13.6 Å². The lowest BCUT2D eigenvalue weighted by atomic mass is 9.99. The van der Waals surface area contributed by atoms with Gasteiger partial charge < -0.3 is 15.0 Å². The number of hydrogen-bond acceptors (Lipinski definition) is 3. The highest BCUT2D eigenvalue weighted by atomic mass is 19.1. The number of carbonyl (C=O) groups is 1. The lowest BCUT2D eigenvalue weighted by Crippen LogP contribution is -2.43. The van der Waals surface area contributed by atoms with Crippen LogP contribution < -0.4 is 5.32 Å². The van der Waals surface area contributed by atoms with Crippen molar-refractivity contribution in [2.24, 2.45) is 4.99 Å². The van der Waals surface area contributed by atoms with E-state index < -0.39 is 11.6 Å². The summed E-state index contributed by atoms with van der Waals surface area (Å²) in [5.41, 5.74) is 4.30. The van der Waals surface area contributed by atoms with E-state index in [0.29, 0.717) is 38.4 Å². The number of urea groups is 1. The second kappa shape index (κ2) is 9.73. The van der Waals surface area contributed by atoms with Crippen LogP contribution in [0.4, 0.5) is 19.3 Å². The summed E-state index contributed by atoms with van der Waals surface area (Å²) in [6.07, 6.45) is 1.27. The molecule has 0 aliphatic carbocycles. The zero-order valence-electron chi connectivity index (χ0n) is 18.6. The highest BCUT2D eigenvalue weighted by molar-refractivity contribution is 6.02. The lowest BCUT2D eigenvalue weighted by molar-refractivity contribution is 0.0564. The number of amides is 2. The van der Waals surface area contributed by atoms with Gasteiger partial charge >= 0.3 is 6.03 Å². The second-order valence-corrected chi connectivity index (χ2v) is 8.46. The standard InChI is InChI=1S/C27H25F2N3O2/c28-22-2-1-3-23(29)26(22)25-13-12-24(31-25)20-6-4-18(5-7-20)19-8-10-21(11-9-19)30-27(33)32-14-16-34-17-15-32/h1-11,24H,12-17H2,(H,30,33). The molecule has 174 valence electrons. The molecule has 0 aromatic heterocycles. The minimum Gasteiger partial charge on any atom is -0.378 e. The number of rotatable bonds is 4. The fourth-order valence-corrected chi connectivity index (χ4v) is 4.41. The van der Waals surface area contributed by atoms with Crippen molar-refractivity contribution in [2.75, 3.05) is 31.6 Å². The van der Waals surface area contributed by atoms with Crippen LogP contribution in [-0.2, 0) is 4.74 Å². The average molecular weight is 462 g/mol. The van der Waals surface area contributed by atoms with Gasteiger partial charge in [-0.25, -0.2) is 13.6 Å². The number of halogens is 2. The summed E-state index contributed by atoms with van der Waals surface area (Å²) in [5, 5.41) is 2.93. The molecular weight excluding hydrogens is 436 g/mol. The highest BCUT2D eigenvalue weighted by Crippen LogP contribution is 2.33. The first kappa shape index (κ1) is 22.2. The Kier molecular flexibility index (Phi) is 6.36. The predicted octanol–water partition coefficient (Wildman–Crippen LogP) is 5.82. The number of aliphatic imine (C=N–C) groups is 1. The average Bonchev–Trinajstić information content (AvgIpc) is 3.35. The Labute approximate surface area is 197 Å². The maximum Gasteiger partial charge on any atom is 0.321 e. The van der Waals surface area contributed by atoms with Crippen molar-refractivity contribution in [1.82, 2.24) is 4.90 Å². The Bertz CT molecular complexity index is 1180. The third kappa shape index (κ3) is 4.70. The number of ether oxygens (including phenoxy) is 1. The molecule has 3 aromatic carbocycles. The Hall–Kier alpha value is -3.58. The third-order valence-electron chi connectivity index (χ3n) is 6.28. The molecule has 0 spiro atoms. The van der Waals surface area contributed by atoms with Crippen LogP contribution in [-0.4, -0.2) is 42.9 Å². The largest absolute Gasteiger partial charge is 0.378 e. The molecule has 2 aliphatic rings. The summed E-state index contributed by atoms with van der Waals surface area (Å²) in [5.74, 6) is -1.14. The van der Waals surface area contributed by atoms with Gasteiger partial charge in [-0.2, -0.15) is 0 Å². The van der Waals surface area contributed by atoms with Gasteiger partial charge in [-0.1, -0.05) is 42.5 Å². The molecule has 1 atom stereocenters. The van der Waals surface area contributed by atoms with E-state index in [4.69, 9.17) is 4.74 Å². The van der Waals surface area contributed by atoms with E-state index in [1.807, 2.05) is 48.5 Å². The van der Waals surface area contributed by atoms with Gasteiger partial charge in [-0.15, -0.1) is 0 Å². The fourth-order valence-electron chi connectivity index (χ4n) is 4.41. The third-order valence-corrected chi connectivity index (χ3v) is 6.28. The van der Waals surface area contributed by atoms with E-state index in [-0.39, 0.29) is 17.6 Å². The van der Waals surface area contributed by atoms with Crippen LogP contribution in [0.5, 0.6) is 0 Å². The number of morpholine rings is 1. The van der Waals surface area contributed by atoms with Crippen LogP contribution in [0.15, 0.2) is 71.7 Å². The number of benzene rings is 3. The number of nitrogens with one attached hydrogen (secondary N) is 1. The number of carbonyl (C=O) groups excluding carboxylic acids is 1. The van der Waals surface area contributed by atoms with Crippen LogP contribution in [0.2, 0.25) is 0 Å². The van der Waals surface area contributed by atoms with Crippen molar-refractivity contribution < 1.29 is 18.3 Å². The van der Waals surface area contributed by atoms with Gasteiger partial charge in [0.2, 0.25) is 0 Å². The first-order valence-electron chi connectivity index (χ1n) is 11.4. The first-order chi connectivity index (χ1) is 16.6. The van der Waals surface area contributed by atoms with Crippen LogP contribution >= 0.6 is 0 Å². The monoisotopic (exact) mass is 461 g/mol. The summed E-state index contributed by atoms with van der Waals surface area (Å²) in [4.78, 5) is 18.7. The van der Waals surface area contributed by atoms with Gasteiger partial charge in [0.05, 0.1) is 24.8 Å². The summed E-state index contributed by atoms with van der Waals surface area (Å²) in [6, 6.07) is 19.4. The topological polar surface area (TPSA) is 53.9 Å². The van der Waals surface area contributed by atoms with Crippen LogP contribution in [0.25, 0.3) is 11.1 Å². The van der Waals surface area contributed by atoms with Crippen molar-refractivity contribution in [1.29, 1.82) is 0 Å². The molecule has 0 bridgehead atoms.